The fourth-order valence-corrected chi connectivity index (χ4v) is 3.24. The van der Waals surface area contributed by atoms with Gasteiger partial charge in [0.25, 0.3) is 0 Å². The fraction of sp³-hybridized carbons (Fsp3) is 0.706. The zero-order valence-electron chi connectivity index (χ0n) is 13.2. The van der Waals surface area contributed by atoms with Gasteiger partial charge in [-0.15, -0.1) is 0 Å². The lowest BCUT2D eigenvalue weighted by molar-refractivity contribution is 0.0716. The van der Waals surface area contributed by atoms with Gasteiger partial charge in [-0.2, -0.15) is 0 Å². The van der Waals surface area contributed by atoms with Crippen LogP contribution < -0.4 is 5.32 Å². The summed E-state index contributed by atoms with van der Waals surface area (Å²) in [6.07, 6.45) is 8.60. The molecule has 0 radical (unpaired) electrons. The lowest BCUT2D eigenvalue weighted by Gasteiger charge is -2.47. The molecule has 0 aromatic carbocycles. The minimum Gasteiger partial charge on any atom is -0.308 e. The van der Waals surface area contributed by atoms with Crippen molar-refractivity contribution in [3.8, 4) is 0 Å². The van der Waals surface area contributed by atoms with Crippen molar-refractivity contribution in [2.75, 3.05) is 19.6 Å². The number of hydrogen-bond acceptors (Lipinski definition) is 3. The van der Waals surface area contributed by atoms with Crippen LogP contribution in [0.2, 0.25) is 0 Å². The third-order valence-corrected chi connectivity index (χ3v) is 4.97. The van der Waals surface area contributed by atoms with E-state index in [0.717, 1.165) is 19.5 Å². The van der Waals surface area contributed by atoms with Gasteiger partial charge >= 0.3 is 0 Å². The van der Waals surface area contributed by atoms with E-state index in [4.69, 9.17) is 0 Å². The van der Waals surface area contributed by atoms with Gasteiger partial charge in [0.1, 0.15) is 0 Å². The standard InChI is InChI=1S/C17H29N3/c1-4-16-13-19-17(5-2,6-3)14-20(16)11-9-15-8-7-10-18-12-15/h7-8,10,12,16,19H,4-6,9,11,13-14H2,1-3H3. The van der Waals surface area contributed by atoms with Gasteiger partial charge in [-0.25, -0.2) is 0 Å². The minimum absolute atomic E-state index is 0.320. The van der Waals surface area contributed by atoms with Crippen LogP contribution in [-0.2, 0) is 6.42 Å². The Bertz CT molecular complexity index is 386. The number of rotatable bonds is 6. The highest BCUT2D eigenvalue weighted by atomic mass is 15.2. The predicted molar refractivity (Wildman–Crippen MR) is 84.9 cm³/mol. The van der Waals surface area contributed by atoms with Crippen LogP contribution in [-0.4, -0.2) is 41.1 Å². The molecule has 0 spiro atoms. The van der Waals surface area contributed by atoms with Crippen LogP contribution in [0.25, 0.3) is 0 Å². The van der Waals surface area contributed by atoms with Crippen molar-refractivity contribution >= 4 is 0 Å². The molecule has 1 aliphatic heterocycles. The van der Waals surface area contributed by atoms with Crippen molar-refractivity contribution in [2.24, 2.45) is 0 Å². The number of hydrogen-bond donors (Lipinski definition) is 1. The van der Waals surface area contributed by atoms with E-state index < -0.39 is 0 Å². The van der Waals surface area contributed by atoms with Crippen LogP contribution in [0.3, 0.4) is 0 Å². The molecular weight excluding hydrogens is 246 g/mol. The minimum atomic E-state index is 0.320. The van der Waals surface area contributed by atoms with Crippen molar-refractivity contribution in [1.82, 2.24) is 15.2 Å². The Kier molecular flexibility index (Phi) is 5.55. The number of nitrogens with zero attached hydrogens (tertiary/aromatic N) is 2. The Morgan fingerprint density at radius 2 is 2.15 bits per heavy atom. The van der Waals surface area contributed by atoms with Crippen molar-refractivity contribution in [2.45, 2.75) is 58.0 Å². The normalized spacial score (nSPS) is 22.9. The van der Waals surface area contributed by atoms with E-state index in [1.807, 2.05) is 18.5 Å². The van der Waals surface area contributed by atoms with Crippen molar-refractivity contribution in [3.05, 3.63) is 30.1 Å². The first-order chi connectivity index (χ1) is 9.73. The fourth-order valence-electron chi connectivity index (χ4n) is 3.24. The van der Waals surface area contributed by atoms with E-state index in [1.165, 1.54) is 31.4 Å². The van der Waals surface area contributed by atoms with Gasteiger partial charge in [0.05, 0.1) is 0 Å². The average Bonchev–Trinajstić information content (AvgIpc) is 2.53. The molecule has 1 aliphatic rings. The van der Waals surface area contributed by atoms with Crippen molar-refractivity contribution in [3.63, 3.8) is 0 Å². The van der Waals surface area contributed by atoms with E-state index in [-0.39, 0.29) is 0 Å². The molecule has 1 atom stereocenters. The smallest absolute Gasteiger partial charge is 0.0304 e. The maximum Gasteiger partial charge on any atom is 0.0304 e. The molecule has 0 bridgehead atoms. The van der Waals surface area contributed by atoms with Crippen molar-refractivity contribution < 1.29 is 0 Å². The van der Waals surface area contributed by atoms with Gasteiger partial charge in [-0.05, 0) is 37.3 Å². The van der Waals surface area contributed by atoms with Gasteiger partial charge in [-0.3, -0.25) is 9.88 Å². The highest BCUT2D eigenvalue weighted by Gasteiger charge is 2.35. The van der Waals surface area contributed by atoms with Crippen LogP contribution in [0.5, 0.6) is 0 Å². The summed E-state index contributed by atoms with van der Waals surface area (Å²) >= 11 is 0. The summed E-state index contributed by atoms with van der Waals surface area (Å²) in [5, 5.41) is 3.81. The molecule has 1 unspecified atom stereocenters. The molecule has 0 aliphatic carbocycles. The second-order valence-corrected chi connectivity index (χ2v) is 6.01. The number of aromatic nitrogens is 1. The highest BCUT2D eigenvalue weighted by molar-refractivity contribution is 5.09. The Labute approximate surface area is 123 Å². The summed E-state index contributed by atoms with van der Waals surface area (Å²) < 4.78 is 0. The van der Waals surface area contributed by atoms with Gasteiger partial charge < -0.3 is 5.32 Å². The van der Waals surface area contributed by atoms with E-state index in [9.17, 15) is 0 Å². The molecule has 0 amide bonds. The largest absolute Gasteiger partial charge is 0.308 e. The molecule has 3 nitrogen and oxygen atoms in total. The molecule has 1 N–H and O–H groups in total. The van der Waals surface area contributed by atoms with Crippen LogP contribution in [0, 0.1) is 0 Å². The summed E-state index contributed by atoms with van der Waals surface area (Å²) in [4.78, 5) is 6.91. The molecule has 1 fully saturated rings. The summed E-state index contributed by atoms with van der Waals surface area (Å²) in [6, 6.07) is 4.90. The van der Waals surface area contributed by atoms with Crippen LogP contribution in [0.4, 0.5) is 0 Å². The summed E-state index contributed by atoms with van der Waals surface area (Å²) in [6.45, 7) is 10.4. The van der Waals surface area contributed by atoms with E-state index in [0.29, 0.717) is 11.6 Å². The monoisotopic (exact) mass is 275 g/mol. The van der Waals surface area contributed by atoms with E-state index in [2.05, 4.69) is 42.0 Å². The molecule has 1 aromatic rings. The molecule has 1 saturated heterocycles. The number of pyridine rings is 1. The maximum atomic E-state index is 4.22. The summed E-state index contributed by atoms with van der Waals surface area (Å²) in [5.41, 5.74) is 1.67. The van der Waals surface area contributed by atoms with E-state index >= 15 is 0 Å². The van der Waals surface area contributed by atoms with Gasteiger partial charge in [-0.1, -0.05) is 26.8 Å². The molecule has 3 heteroatoms. The second-order valence-electron chi connectivity index (χ2n) is 6.01. The Morgan fingerprint density at radius 3 is 2.75 bits per heavy atom. The Hall–Kier alpha value is -0.930. The Balaban J connectivity index is 1.98. The highest BCUT2D eigenvalue weighted by Crippen LogP contribution is 2.24. The molecule has 1 aromatic heterocycles. The summed E-state index contributed by atoms with van der Waals surface area (Å²) in [7, 11) is 0. The molecule has 20 heavy (non-hydrogen) atoms. The lowest BCUT2D eigenvalue weighted by atomic mass is 9.88. The average molecular weight is 275 g/mol. The van der Waals surface area contributed by atoms with Gasteiger partial charge in [0.15, 0.2) is 0 Å². The third kappa shape index (κ3) is 3.58. The second kappa shape index (κ2) is 7.19. The molecule has 0 saturated carbocycles. The van der Waals surface area contributed by atoms with Crippen LogP contribution in [0.15, 0.2) is 24.5 Å². The van der Waals surface area contributed by atoms with Crippen molar-refractivity contribution in [1.29, 1.82) is 0 Å². The van der Waals surface area contributed by atoms with Crippen LogP contribution >= 0.6 is 0 Å². The maximum absolute atomic E-state index is 4.22. The zero-order valence-corrected chi connectivity index (χ0v) is 13.2. The first-order valence-corrected chi connectivity index (χ1v) is 8.11. The Morgan fingerprint density at radius 1 is 1.35 bits per heavy atom. The molecule has 112 valence electrons. The van der Waals surface area contributed by atoms with Gasteiger partial charge in [0.2, 0.25) is 0 Å². The lowest BCUT2D eigenvalue weighted by Crippen LogP contribution is -2.63. The molecular formula is C17H29N3. The van der Waals surface area contributed by atoms with E-state index in [1.54, 1.807) is 0 Å². The number of nitrogens with one attached hydrogen (secondary N) is 1. The molecule has 2 rings (SSSR count). The third-order valence-electron chi connectivity index (χ3n) is 4.97. The first-order valence-electron chi connectivity index (χ1n) is 8.11. The quantitative estimate of drug-likeness (QED) is 0.865. The topological polar surface area (TPSA) is 28.2 Å². The number of piperazine rings is 1. The molecule has 2 heterocycles. The van der Waals surface area contributed by atoms with Crippen LogP contribution in [0.1, 0.15) is 45.6 Å². The predicted octanol–water partition coefficient (Wildman–Crippen LogP) is 2.87. The zero-order chi connectivity index (χ0) is 14.4. The first kappa shape index (κ1) is 15.5. The van der Waals surface area contributed by atoms with Gasteiger partial charge in [0, 0.05) is 43.6 Å². The summed E-state index contributed by atoms with van der Waals surface area (Å²) in [5.74, 6) is 0. The SMILES string of the molecule is CCC1CNC(CC)(CC)CN1CCc1cccnc1.